The Bertz CT molecular complexity index is 620. The lowest BCUT2D eigenvalue weighted by Gasteiger charge is -2.07. The van der Waals surface area contributed by atoms with Gasteiger partial charge in [0.05, 0.1) is 22.4 Å². The summed E-state index contributed by atoms with van der Waals surface area (Å²) in [6.07, 6.45) is 2.63. The highest BCUT2D eigenvalue weighted by Gasteiger charge is 2.10. The third kappa shape index (κ3) is 4.23. The zero-order valence-corrected chi connectivity index (χ0v) is 12.1. The van der Waals surface area contributed by atoms with Crippen molar-refractivity contribution in [2.75, 3.05) is 6.61 Å². The summed E-state index contributed by atoms with van der Waals surface area (Å²) >= 11 is 17.2. The fourth-order valence-corrected chi connectivity index (χ4v) is 1.77. The van der Waals surface area contributed by atoms with Crippen LogP contribution in [0.2, 0.25) is 15.1 Å². The summed E-state index contributed by atoms with van der Waals surface area (Å²) in [6, 6.07) is 4.55. The van der Waals surface area contributed by atoms with Crippen LogP contribution in [0.5, 0.6) is 11.8 Å². The molecule has 20 heavy (non-hydrogen) atoms. The van der Waals surface area contributed by atoms with Crippen molar-refractivity contribution in [1.29, 1.82) is 0 Å². The molecule has 0 aliphatic rings. The van der Waals surface area contributed by atoms with Crippen LogP contribution in [0, 0.1) is 0 Å². The van der Waals surface area contributed by atoms with Gasteiger partial charge in [0.15, 0.2) is 6.61 Å². The Morgan fingerprint density at radius 3 is 2.45 bits per heavy atom. The minimum Gasteiger partial charge on any atom is -0.480 e. The number of rotatable bonds is 4. The van der Waals surface area contributed by atoms with Gasteiger partial charge in [0.1, 0.15) is 5.75 Å². The normalized spacial score (nSPS) is 10.2. The highest BCUT2D eigenvalue weighted by atomic mass is 35.5. The van der Waals surface area contributed by atoms with E-state index in [-0.39, 0.29) is 12.6 Å². The van der Waals surface area contributed by atoms with Crippen LogP contribution in [0.1, 0.15) is 0 Å². The lowest BCUT2D eigenvalue weighted by molar-refractivity contribution is -0.137. The van der Waals surface area contributed by atoms with Gasteiger partial charge < -0.3 is 9.47 Å². The number of halogens is 3. The van der Waals surface area contributed by atoms with E-state index in [4.69, 9.17) is 44.3 Å². The zero-order chi connectivity index (χ0) is 14.5. The predicted molar refractivity (Wildman–Crippen MR) is 74.6 cm³/mol. The molecule has 0 N–H and O–H groups in total. The SMILES string of the molecule is O=C(COc1ccc(Cl)cc1Cl)Oc1ncc(Cl)cn1. The van der Waals surface area contributed by atoms with Crippen molar-refractivity contribution in [3.05, 3.63) is 45.7 Å². The number of aromatic nitrogens is 2. The Kier molecular flexibility index (Phi) is 5.00. The lowest BCUT2D eigenvalue weighted by atomic mass is 10.3. The predicted octanol–water partition coefficient (Wildman–Crippen LogP) is 3.42. The number of hydrogen-bond donors (Lipinski definition) is 0. The Balaban J connectivity index is 1.90. The molecule has 2 rings (SSSR count). The summed E-state index contributed by atoms with van der Waals surface area (Å²) in [5.74, 6) is -0.344. The average molecular weight is 334 g/mol. The highest BCUT2D eigenvalue weighted by Crippen LogP contribution is 2.27. The highest BCUT2D eigenvalue weighted by molar-refractivity contribution is 6.35. The molecule has 0 aliphatic heterocycles. The summed E-state index contributed by atoms with van der Waals surface area (Å²) in [6.45, 7) is -0.340. The van der Waals surface area contributed by atoms with E-state index in [0.29, 0.717) is 20.8 Å². The first-order valence-electron chi connectivity index (χ1n) is 5.30. The van der Waals surface area contributed by atoms with E-state index in [0.717, 1.165) is 0 Å². The van der Waals surface area contributed by atoms with Crippen molar-refractivity contribution >= 4 is 40.8 Å². The second kappa shape index (κ2) is 6.74. The van der Waals surface area contributed by atoms with E-state index in [1.165, 1.54) is 18.5 Å². The van der Waals surface area contributed by atoms with Crippen molar-refractivity contribution in [3.63, 3.8) is 0 Å². The van der Waals surface area contributed by atoms with E-state index in [2.05, 4.69) is 9.97 Å². The Morgan fingerprint density at radius 1 is 1.10 bits per heavy atom. The van der Waals surface area contributed by atoms with Crippen LogP contribution in [-0.2, 0) is 4.79 Å². The molecule has 5 nitrogen and oxygen atoms in total. The van der Waals surface area contributed by atoms with Crippen molar-refractivity contribution in [2.45, 2.75) is 0 Å². The number of esters is 1. The van der Waals surface area contributed by atoms with Crippen LogP contribution >= 0.6 is 34.8 Å². The van der Waals surface area contributed by atoms with Crippen molar-refractivity contribution in [3.8, 4) is 11.8 Å². The maximum Gasteiger partial charge on any atom is 0.351 e. The molecule has 0 bridgehead atoms. The molecule has 0 unspecified atom stereocenters. The molecule has 104 valence electrons. The van der Waals surface area contributed by atoms with Crippen molar-refractivity contribution in [1.82, 2.24) is 9.97 Å². The van der Waals surface area contributed by atoms with Gasteiger partial charge in [-0.2, -0.15) is 0 Å². The molecule has 0 saturated carbocycles. The molecule has 0 radical (unpaired) electrons. The molecule has 0 saturated heterocycles. The second-order valence-corrected chi connectivity index (χ2v) is 4.80. The van der Waals surface area contributed by atoms with E-state index in [9.17, 15) is 4.79 Å². The molecular formula is C12H7Cl3N2O3. The fourth-order valence-electron chi connectivity index (χ4n) is 1.21. The largest absolute Gasteiger partial charge is 0.480 e. The van der Waals surface area contributed by atoms with E-state index >= 15 is 0 Å². The van der Waals surface area contributed by atoms with Crippen LogP contribution in [-0.4, -0.2) is 22.5 Å². The van der Waals surface area contributed by atoms with Gasteiger partial charge >= 0.3 is 12.0 Å². The minimum absolute atomic E-state index is 0.106. The molecule has 1 heterocycles. The van der Waals surface area contributed by atoms with Crippen LogP contribution in [0.15, 0.2) is 30.6 Å². The van der Waals surface area contributed by atoms with Crippen LogP contribution in [0.4, 0.5) is 0 Å². The molecule has 0 spiro atoms. The van der Waals surface area contributed by atoms with Crippen LogP contribution in [0.3, 0.4) is 0 Å². The molecule has 1 aromatic heterocycles. The van der Waals surface area contributed by atoms with Gasteiger partial charge in [0, 0.05) is 5.02 Å². The molecule has 0 amide bonds. The maximum atomic E-state index is 11.5. The minimum atomic E-state index is -0.668. The third-order valence-electron chi connectivity index (χ3n) is 2.04. The molecule has 2 aromatic rings. The summed E-state index contributed by atoms with van der Waals surface area (Å²) in [5.41, 5.74) is 0. The van der Waals surface area contributed by atoms with Gasteiger partial charge in [0.2, 0.25) is 0 Å². The fraction of sp³-hybridized carbons (Fsp3) is 0.0833. The average Bonchev–Trinajstić information content (AvgIpc) is 2.40. The first-order valence-corrected chi connectivity index (χ1v) is 6.44. The van der Waals surface area contributed by atoms with Crippen molar-refractivity contribution in [2.24, 2.45) is 0 Å². The molecule has 1 aromatic carbocycles. The Labute approximate surface area is 129 Å². The number of carbonyl (C=O) groups excluding carboxylic acids is 1. The first kappa shape index (κ1) is 14.8. The van der Waals surface area contributed by atoms with Crippen molar-refractivity contribution < 1.29 is 14.3 Å². The van der Waals surface area contributed by atoms with E-state index in [1.54, 1.807) is 12.1 Å². The van der Waals surface area contributed by atoms with Gasteiger partial charge in [-0.25, -0.2) is 14.8 Å². The van der Waals surface area contributed by atoms with Crippen LogP contribution in [0.25, 0.3) is 0 Å². The summed E-state index contributed by atoms with van der Waals surface area (Å²) < 4.78 is 10.0. The topological polar surface area (TPSA) is 61.3 Å². The lowest BCUT2D eigenvalue weighted by Crippen LogP contribution is -2.18. The Hall–Kier alpha value is -1.56. The Morgan fingerprint density at radius 2 is 1.80 bits per heavy atom. The van der Waals surface area contributed by atoms with Gasteiger partial charge in [0.25, 0.3) is 0 Å². The zero-order valence-electron chi connectivity index (χ0n) is 9.85. The first-order chi connectivity index (χ1) is 9.54. The third-order valence-corrected chi connectivity index (χ3v) is 2.77. The van der Waals surface area contributed by atoms with Gasteiger partial charge in [-0.15, -0.1) is 0 Å². The molecule has 0 atom stereocenters. The molecular weight excluding hydrogens is 327 g/mol. The quantitative estimate of drug-likeness (QED) is 0.802. The molecule has 0 fully saturated rings. The smallest absolute Gasteiger partial charge is 0.351 e. The number of carbonyl (C=O) groups is 1. The number of hydrogen-bond acceptors (Lipinski definition) is 5. The van der Waals surface area contributed by atoms with E-state index < -0.39 is 5.97 Å². The standard InChI is InChI=1S/C12H7Cl3N2O3/c13-7-1-2-10(9(15)3-7)19-6-11(18)20-12-16-4-8(14)5-17-12/h1-5H,6H2. The number of benzene rings is 1. The second-order valence-electron chi connectivity index (χ2n) is 3.52. The molecule has 8 heteroatoms. The maximum absolute atomic E-state index is 11.5. The molecule has 0 aliphatic carbocycles. The summed E-state index contributed by atoms with van der Waals surface area (Å²) in [4.78, 5) is 19.0. The van der Waals surface area contributed by atoms with E-state index in [1.807, 2.05) is 0 Å². The van der Waals surface area contributed by atoms with Gasteiger partial charge in [-0.3, -0.25) is 0 Å². The van der Waals surface area contributed by atoms with Crippen LogP contribution < -0.4 is 9.47 Å². The van der Waals surface area contributed by atoms with Gasteiger partial charge in [-0.05, 0) is 18.2 Å². The monoisotopic (exact) mass is 332 g/mol. The summed E-state index contributed by atoms with van der Waals surface area (Å²) in [5, 5.41) is 1.11. The van der Waals surface area contributed by atoms with Gasteiger partial charge in [-0.1, -0.05) is 34.8 Å². The summed E-state index contributed by atoms with van der Waals surface area (Å²) in [7, 11) is 0. The number of ether oxygens (including phenoxy) is 2. The number of nitrogens with zero attached hydrogens (tertiary/aromatic N) is 2.